The molecular formula is C17H18O3. The van der Waals surface area contributed by atoms with Crippen LogP contribution in [-0.2, 0) is 0 Å². The summed E-state index contributed by atoms with van der Waals surface area (Å²) in [5, 5.41) is 9.27. The molecule has 0 radical (unpaired) electrons. The summed E-state index contributed by atoms with van der Waals surface area (Å²) in [6.07, 6.45) is 0. The normalized spacial score (nSPS) is 10.6. The van der Waals surface area contributed by atoms with Crippen LogP contribution in [-0.4, -0.2) is 18.0 Å². The van der Waals surface area contributed by atoms with Gasteiger partial charge in [0.1, 0.15) is 11.5 Å². The third-order valence-electron chi connectivity index (χ3n) is 3.24. The summed E-state index contributed by atoms with van der Waals surface area (Å²) < 4.78 is 5.32. The fourth-order valence-corrected chi connectivity index (χ4v) is 2.11. The van der Waals surface area contributed by atoms with E-state index in [9.17, 15) is 9.90 Å². The van der Waals surface area contributed by atoms with E-state index in [2.05, 4.69) is 13.8 Å². The van der Waals surface area contributed by atoms with E-state index in [1.807, 2.05) is 12.1 Å². The summed E-state index contributed by atoms with van der Waals surface area (Å²) in [7, 11) is 1.63. The van der Waals surface area contributed by atoms with E-state index in [1.165, 1.54) is 12.1 Å². The van der Waals surface area contributed by atoms with E-state index in [0.29, 0.717) is 11.1 Å². The first-order valence-electron chi connectivity index (χ1n) is 6.54. The largest absolute Gasteiger partial charge is 0.508 e. The number of methoxy groups -OCH3 is 1. The molecule has 0 aromatic heterocycles. The second kappa shape index (κ2) is 5.78. The van der Waals surface area contributed by atoms with Crippen molar-refractivity contribution < 1.29 is 14.6 Å². The Morgan fingerprint density at radius 3 is 2.20 bits per heavy atom. The summed E-state index contributed by atoms with van der Waals surface area (Å²) in [5.74, 6) is 1.16. The first-order valence-corrected chi connectivity index (χ1v) is 6.54. The topological polar surface area (TPSA) is 46.5 Å². The van der Waals surface area contributed by atoms with Crippen LogP contribution in [0.3, 0.4) is 0 Å². The number of aromatic hydroxyl groups is 1. The smallest absolute Gasteiger partial charge is 0.193 e. The minimum atomic E-state index is -0.0606. The molecule has 3 heteroatoms. The zero-order valence-electron chi connectivity index (χ0n) is 11.9. The van der Waals surface area contributed by atoms with Crippen LogP contribution in [0.25, 0.3) is 0 Å². The summed E-state index contributed by atoms with van der Waals surface area (Å²) in [6.45, 7) is 4.12. The summed E-state index contributed by atoms with van der Waals surface area (Å²) >= 11 is 0. The number of carbonyl (C=O) groups excluding carboxylic acids is 1. The third kappa shape index (κ3) is 2.82. The number of phenolic OH excluding ortho intramolecular Hbond substituents is 1. The molecule has 0 saturated carbocycles. The number of hydrogen-bond acceptors (Lipinski definition) is 3. The number of carbonyl (C=O) groups is 1. The Kier molecular flexibility index (Phi) is 4.08. The zero-order chi connectivity index (χ0) is 14.7. The molecule has 1 N–H and O–H groups in total. The lowest BCUT2D eigenvalue weighted by Crippen LogP contribution is -2.03. The molecule has 2 aromatic rings. The lowest BCUT2D eigenvalue weighted by atomic mass is 9.96. The van der Waals surface area contributed by atoms with Crippen molar-refractivity contribution in [3.63, 3.8) is 0 Å². The number of hydrogen-bond donors (Lipinski definition) is 1. The van der Waals surface area contributed by atoms with Gasteiger partial charge in [-0.15, -0.1) is 0 Å². The van der Waals surface area contributed by atoms with Gasteiger partial charge in [-0.25, -0.2) is 0 Å². The van der Waals surface area contributed by atoms with Crippen LogP contribution in [0.4, 0.5) is 0 Å². The van der Waals surface area contributed by atoms with Gasteiger partial charge in [0.25, 0.3) is 0 Å². The summed E-state index contributed by atoms with van der Waals surface area (Å²) in [6, 6.07) is 11.7. The van der Waals surface area contributed by atoms with Gasteiger partial charge in [-0.05, 0) is 53.9 Å². The highest BCUT2D eigenvalue weighted by molar-refractivity contribution is 6.09. The molecule has 0 atom stereocenters. The van der Waals surface area contributed by atoms with E-state index in [4.69, 9.17) is 4.74 Å². The van der Waals surface area contributed by atoms with Crippen molar-refractivity contribution in [1.29, 1.82) is 0 Å². The molecule has 3 nitrogen and oxygen atoms in total. The van der Waals surface area contributed by atoms with Gasteiger partial charge in [-0.2, -0.15) is 0 Å². The predicted molar refractivity (Wildman–Crippen MR) is 78.6 cm³/mol. The zero-order valence-corrected chi connectivity index (χ0v) is 11.9. The van der Waals surface area contributed by atoms with Crippen molar-refractivity contribution in [1.82, 2.24) is 0 Å². The summed E-state index contributed by atoms with van der Waals surface area (Å²) in [5.41, 5.74) is 2.19. The minimum absolute atomic E-state index is 0.0606. The molecule has 0 aliphatic carbocycles. The SMILES string of the molecule is COc1ccc(C(=O)c2ccc(O)cc2)cc1C(C)C. The van der Waals surface area contributed by atoms with Crippen LogP contribution in [0.15, 0.2) is 42.5 Å². The Bertz CT molecular complexity index is 613. The van der Waals surface area contributed by atoms with Crippen molar-refractivity contribution in [3.05, 3.63) is 59.2 Å². The Morgan fingerprint density at radius 2 is 1.65 bits per heavy atom. The van der Waals surface area contributed by atoms with E-state index in [-0.39, 0.29) is 17.5 Å². The molecule has 0 saturated heterocycles. The maximum absolute atomic E-state index is 12.4. The second-order valence-electron chi connectivity index (χ2n) is 4.99. The maximum atomic E-state index is 12.4. The van der Waals surface area contributed by atoms with Crippen molar-refractivity contribution in [2.24, 2.45) is 0 Å². The maximum Gasteiger partial charge on any atom is 0.193 e. The van der Waals surface area contributed by atoms with E-state index in [1.54, 1.807) is 25.3 Å². The van der Waals surface area contributed by atoms with Crippen LogP contribution in [0.2, 0.25) is 0 Å². The molecule has 0 aliphatic heterocycles. The Labute approximate surface area is 118 Å². The van der Waals surface area contributed by atoms with Crippen molar-refractivity contribution >= 4 is 5.78 Å². The molecule has 2 rings (SSSR count). The average molecular weight is 270 g/mol. The van der Waals surface area contributed by atoms with E-state index < -0.39 is 0 Å². The highest BCUT2D eigenvalue weighted by Gasteiger charge is 2.14. The van der Waals surface area contributed by atoms with Gasteiger partial charge in [-0.1, -0.05) is 13.8 Å². The lowest BCUT2D eigenvalue weighted by molar-refractivity contribution is 0.103. The molecular weight excluding hydrogens is 252 g/mol. The predicted octanol–water partition coefficient (Wildman–Crippen LogP) is 3.76. The van der Waals surface area contributed by atoms with Crippen LogP contribution in [0, 0.1) is 0 Å². The first-order chi connectivity index (χ1) is 9.52. The molecule has 20 heavy (non-hydrogen) atoms. The molecule has 104 valence electrons. The highest BCUT2D eigenvalue weighted by Crippen LogP contribution is 2.28. The Balaban J connectivity index is 2.40. The van der Waals surface area contributed by atoms with Gasteiger partial charge < -0.3 is 9.84 Å². The van der Waals surface area contributed by atoms with Crippen molar-refractivity contribution in [2.45, 2.75) is 19.8 Å². The number of ketones is 1. The quantitative estimate of drug-likeness (QED) is 0.860. The molecule has 2 aromatic carbocycles. The van der Waals surface area contributed by atoms with E-state index >= 15 is 0 Å². The second-order valence-corrected chi connectivity index (χ2v) is 4.99. The molecule has 0 heterocycles. The lowest BCUT2D eigenvalue weighted by Gasteiger charge is -2.13. The van der Waals surface area contributed by atoms with Crippen LogP contribution in [0.5, 0.6) is 11.5 Å². The van der Waals surface area contributed by atoms with Crippen LogP contribution in [0.1, 0.15) is 41.3 Å². The average Bonchev–Trinajstić information content (AvgIpc) is 2.46. The number of phenols is 1. The molecule has 0 bridgehead atoms. The first kappa shape index (κ1) is 14.1. The highest BCUT2D eigenvalue weighted by atomic mass is 16.5. The molecule has 0 unspecified atom stereocenters. The fraction of sp³-hybridized carbons (Fsp3) is 0.235. The van der Waals surface area contributed by atoms with Gasteiger partial charge in [-0.3, -0.25) is 4.79 Å². The minimum Gasteiger partial charge on any atom is -0.508 e. The van der Waals surface area contributed by atoms with Crippen molar-refractivity contribution in [3.8, 4) is 11.5 Å². The number of rotatable bonds is 4. The van der Waals surface area contributed by atoms with Crippen LogP contribution < -0.4 is 4.74 Å². The monoisotopic (exact) mass is 270 g/mol. The van der Waals surface area contributed by atoms with Gasteiger partial charge in [0.2, 0.25) is 0 Å². The van der Waals surface area contributed by atoms with Gasteiger partial charge in [0.05, 0.1) is 7.11 Å². The van der Waals surface area contributed by atoms with Gasteiger partial charge in [0.15, 0.2) is 5.78 Å². The molecule has 0 aliphatic rings. The van der Waals surface area contributed by atoms with Crippen molar-refractivity contribution in [2.75, 3.05) is 7.11 Å². The fourth-order valence-electron chi connectivity index (χ4n) is 2.11. The third-order valence-corrected chi connectivity index (χ3v) is 3.24. The molecule has 0 amide bonds. The summed E-state index contributed by atoms with van der Waals surface area (Å²) in [4.78, 5) is 12.4. The van der Waals surface area contributed by atoms with Gasteiger partial charge >= 0.3 is 0 Å². The van der Waals surface area contributed by atoms with Crippen LogP contribution >= 0.6 is 0 Å². The Morgan fingerprint density at radius 1 is 1.05 bits per heavy atom. The Hall–Kier alpha value is -2.29. The van der Waals surface area contributed by atoms with Gasteiger partial charge in [0, 0.05) is 11.1 Å². The molecule has 0 spiro atoms. The van der Waals surface area contributed by atoms with E-state index in [0.717, 1.165) is 11.3 Å². The number of ether oxygens (including phenoxy) is 1. The number of benzene rings is 2. The standard InChI is InChI=1S/C17H18O3/c1-11(2)15-10-13(6-9-16(15)20-3)17(19)12-4-7-14(18)8-5-12/h4-11,18H,1-3H3. The molecule has 0 fully saturated rings.